The molecule has 124 valence electrons. The highest BCUT2D eigenvalue weighted by Gasteiger charge is 2.18. The van der Waals surface area contributed by atoms with E-state index in [4.69, 9.17) is 27.1 Å². The fraction of sp³-hybridized carbons (Fsp3) is 0.211. The molecule has 0 aliphatic heterocycles. The zero-order chi connectivity index (χ0) is 17.3. The zero-order valence-corrected chi connectivity index (χ0v) is 15.5. The predicted octanol–water partition coefficient (Wildman–Crippen LogP) is 5.21. The van der Waals surface area contributed by atoms with E-state index < -0.39 is 0 Å². The first-order chi connectivity index (χ1) is 11.6. The van der Waals surface area contributed by atoms with Crippen molar-refractivity contribution in [3.63, 3.8) is 0 Å². The van der Waals surface area contributed by atoms with Crippen LogP contribution in [0.15, 0.2) is 35.7 Å². The first-order valence-electron chi connectivity index (χ1n) is 7.64. The summed E-state index contributed by atoms with van der Waals surface area (Å²) >= 11 is 8.04. The SMILES string of the molecule is COc1cc(C)c(Cl)c(C)c1-c1csc(-c2ccccc2CN)n1. The van der Waals surface area contributed by atoms with Crippen molar-refractivity contribution in [3.8, 4) is 27.6 Å². The van der Waals surface area contributed by atoms with Gasteiger partial charge in [0.1, 0.15) is 10.8 Å². The number of aromatic nitrogens is 1. The second-order valence-corrected chi connectivity index (χ2v) is 6.84. The minimum Gasteiger partial charge on any atom is -0.496 e. The fourth-order valence-electron chi connectivity index (χ4n) is 2.82. The van der Waals surface area contributed by atoms with Crippen molar-refractivity contribution >= 4 is 22.9 Å². The second kappa shape index (κ2) is 6.93. The van der Waals surface area contributed by atoms with Gasteiger partial charge in [0.05, 0.1) is 12.8 Å². The second-order valence-electron chi connectivity index (χ2n) is 5.61. The van der Waals surface area contributed by atoms with Crippen molar-refractivity contribution in [2.24, 2.45) is 5.73 Å². The van der Waals surface area contributed by atoms with Crippen molar-refractivity contribution in [2.75, 3.05) is 7.11 Å². The molecular formula is C19H19ClN2OS. The van der Waals surface area contributed by atoms with Crippen molar-refractivity contribution in [3.05, 3.63) is 57.4 Å². The van der Waals surface area contributed by atoms with Gasteiger partial charge in [0, 0.05) is 28.1 Å². The van der Waals surface area contributed by atoms with Crippen LogP contribution in [0.3, 0.4) is 0 Å². The lowest BCUT2D eigenvalue weighted by molar-refractivity contribution is 0.415. The molecule has 5 heteroatoms. The average Bonchev–Trinajstić information content (AvgIpc) is 3.08. The predicted molar refractivity (Wildman–Crippen MR) is 102 cm³/mol. The number of benzene rings is 2. The molecule has 0 aliphatic carbocycles. The van der Waals surface area contributed by atoms with E-state index in [2.05, 4.69) is 6.07 Å². The summed E-state index contributed by atoms with van der Waals surface area (Å²) in [7, 11) is 1.67. The molecule has 0 saturated heterocycles. The molecule has 2 N–H and O–H groups in total. The van der Waals surface area contributed by atoms with Crippen LogP contribution in [0.5, 0.6) is 5.75 Å². The van der Waals surface area contributed by atoms with E-state index in [1.807, 2.05) is 43.5 Å². The molecule has 3 aromatic rings. The quantitative estimate of drug-likeness (QED) is 0.696. The third-order valence-electron chi connectivity index (χ3n) is 4.09. The van der Waals surface area contributed by atoms with Crippen LogP contribution in [0.4, 0.5) is 0 Å². The maximum atomic E-state index is 6.44. The normalized spacial score (nSPS) is 10.9. The van der Waals surface area contributed by atoms with Gasteiger partial charge in [-0.15, -0.1) is 11.3 Å². The molecule has 1 heterocycles. The number of nitrogens with zero attached hydrogens (tertiary/aromatic N) is 1. The number of rotatable bonds is 4. The molecule has 1 aromatic heterocycles. The highest BCUT2D eigenvalue weighted by Crippen LogP contribution is 2.40. The third kappa shape index (κ3) is 2.93. The van der Waals surface area contributed by atoms with Crippen LogP contribution in [-0.2, 0) is 6.54 Å². The van der Waals surface area contributed by atoms with Gasteiger partial charge < -0.3 is 10.5 Å². The summed E-state index contributed by atoms with van der Waals surface area (Å²) < 4.78 is 5.56. The summed E-state index contributed by atoms with van der Waals surface area (Å²) in [4.78, 5) is 4.82. The highest BCUT2D eigenvalue weighted by atomic mass is 35.5. The monoisotopic (exact) mass is 358 g/mol. The van der Waals surface area contributed by atoms with Crippen LogP contribution in [0.25, 0.3) is 21.8 Å². The molecule has 24 heavy (non-hydrogen) atoms. The molecule has 0 atom stereocenters. The van der Waals surface area contributed by atoms with Gasteiger partial charge in [-0.05, 0) is 36.6 Å². The van der Waals surface area contributed by atoms with E-state index in [1.165, 1.54) is 0 Å². The Morgan fingerprint density at radius 2 is 2.00 bits per heavy atom. The minimum absolute atomic E-state index is 0.490. The summed E-state index contributed by atoms with van der Waals surface area (Å²) in [5, 5.41) is 3.74. The smallest absolute Gasteiger partial charge is 0.128 e. The van der Waals surface area contributed by atoms with E-state index in [1.54, 1.807) is 18.4 Å². The standard InChI is InChI=1S/C19H19ClN2OS/c1-11-8-16(23-3)17(12(2)18(11)20)15-10-24-19(22-15)14-7-5-4-6-13(14)9-21/h4-8,10H,9,21H2,1-3H3. The molecule has 0 amide bonds. The summed E-state index contributed by atoms with van der Waals surface area (Å²) in [6.07, 6.45) is 0. The Morgan fingerprint density at radius 1 is 1.25 bits per heavy atom. The van der Waals surface area contributed by atoms with Gasteiger partial charge in [-0.1, -0.05) is 35.9 Å². The number of thiazole rings is 1. The zero-order valence-electron chi connectivity index (χ0n) is 13.9. The highest BCUT2D eigenvalue weighted by molar-refractivity contribution is 7.13. The van der Waals surface area contributed by atoms with E-state index in [0.717, 1.165) is 49.3 Å². The first-order valence-corrected chi connectivity index (χ1v) is 8.90. The lowest BCUT2D eigenvalue weighted by atomic mass is 10.0. The van der Waals surface area contributed by atoms with E-state index in [-0.39, 0.29) is 0 Å². The van der Waals surface area contributed by atoms with Gasteiger partial charge in [0.2, 0.25) is 0 Å². The van der Waals surface area contributed by atoms with E-state index in [0.29, 0.717) is 6.54 Å². The summed E-state index contributed by atoms with van der Waals surface area (Å²) in [6, 6.07) is 10.0. The molecule has 3 nitrogen and oxygen atoms in total. The molecule has 2 aromatic carbocycles. The van der Waals surface area contributed by atoms with Crippen LogP contribution in [0.2, 0.25) is 5.02 Å². The number of methoxy groups -OCH3 is 1. The largest absolute Gasteiger partial charge is 0.496 e. The number of nitrogens with two attached hydrogens (primary N) is 1. The number of hydrogen-bond acceptors (Lipinski definition) is 4. The van der Waals surface area contributed by atoms with Crippen molar-refractivity contribution < 1.29 is 4.74 Å². The molecule has 0 spiro atoms. The number of aryl methyl sites for hydroxylation is 1. The molecule has 3 rings (SSSR count). The Morgan fingerprint density at radius 3 is 2.71 bits per heavy atom. The Bertz CT molecular complexity index is 889. The van der Waals surface area contributed by atoms with Crippen LogP contribution in [0, 0.1) is 13.8 Å². The molecule has 0 unspecified atom stereocenters. The minimum atomic E-state index is 0.490. The number of halogens is 1. The van der Waals surface area contributed by atoms with Gasteiger partial charge >= 0.3 is 0 Å². The maximum absolute atomic E-state index is 6.44. The van der Waals surface area contributed by atoms with Gasteiger partial charge in [-0.2, -0.15) is 0 Å². The topological polar surface area (TPSA) is 48.1 Å². The van der Waals surface area contributed by atoms with Crippen LogP contribution in [0.1, 0.15) is 16.7 Å². The fourth-order valence-corrected chi connectivity index (χ4v) is 3.84. The molecular weight excluding hydrogens is 340 g/mol. The number of ether oxygens (including phenoxy) is 1. The molecule has 0 aliphatic rings. The first kappa shape index (κ1) is 17.0. The molecule has 0 bridgehead atoms. The molecule has 0 saturated carbocycles. The van der Waals surface area contributed by atoms with Crippen LogP contribution in [-0.4, -0.2) is 12.1 Å². The third-order valence-corrected chi connectivity index (χ3v) is 5.55. The van der Waals surface area contributed by atoms with Crippen molar-refractivity contribution in [2.45, 2.75) is 20.4 Å². The lowest BCUT2D eigenvalue weighted by Crippen LogP contribution is -1.98. The van der Waals surface area contributed by atoms with E-state index >= 15 is 0 Å². The Balaban J connectivity index is 2.14. The summed E-state index contributed by atoms with van der Waals surface area (Å²) in [6.45, 7) is 4.47. The summed E-state index contributed by atoms with van der Waals surface area (Å²) in [5.41, 5.74) is 11.8. The summed E-state index contributed by atoms with van der Waals surface area (Å²) in [5.74, 6) is 0.790. The van der Waals surface area contributed by atoms with E-state index in [9.17, 15) is 0 Å². The molecule has 0 radical (unpaired) electrons. The Hall–Kier alpha value is -1.88. The van der Waals surface area contributed by atoms with Gasteiger partial charge in [0.25, 0.3) is 0 Å². The van der Waals surface area contributed by atoms with Gasteiger partial charge in [0.15, 0.2) is 0 Å². The Kier molecular flexibility index (Phi) is 4.90. The molecule has 0 fully saturated rings. The van der Waals surface area contributed by atoms with Gasteiger partial charge in [-0.3, -0.25) is 0 Å². The average molecular weight is 359 g/mol. The Labute approximate surface area is 151 Å². The van der Waals surface area contributed by atoms with Gasteiger partial charge in [-0.25, -0.2) is 4.98 Å². The van der Waals surface area contributed by atoms with Crippen molar-refractivity contribution in [1.29, 1.82) is 0 Å². The lowest BCUT2D eigenvalue weighted by Gasteiger charge is -2.13. The van der Waals surface area contributed by atoms with Crippen molar-refractivity contribution in [1.82, 2.24) is 4.98 Å². The van der Waals surface area contributed by atoms with Crippen LogP contribution >= 0.6 is 22.9 Å². The number of hydrogen-bond donors (Lipinski definition) is 1. The maximum Gasteiger partial charge on any atom is 0.128 e. The van der Waals surface area contributed by atoms with Crippen LogP contribution < -0.4 is 10.5 Å².